The van der Waals surface area contributed by atoms with Gasteiger partial charge in [-0.2, -0.15) is 29.5 Å². The summed E-state index contributed by atoms with van der Waals surface area (Å²) < 4.78 is 15.9. The molecule has 1 saturated carbocycles. The van der Waals surface area contributed by atoms with E-state index in [1.165, 1.54) is 31.4 Å². The van der Waals surface area contributed by atoms with Crippen LogP contribution in [0.1, 0.15) is 102 Å². The summed E-state index contributed by atoms with van der Waals surface area (Å²) in [5.41, 5.74) is 1.13. The van der Waals surface area contributed by atoms with E-state index in [4.69, 9.17) is 32.7 Å². The fraction of sp³-hybridized carbons (Fsp3) is 0.579. The minimum Gasteiger partial charge on any atom is -0.481 e. The molecule has 9 rings (SSSR count). The van der Waals surface area contributed by atoms with Crippen LogP contribution in [-0.4, -0.2) is 136 Å². The predicted octanol–water partition coefficient (Wildman–Crippen LogP) is 3.02. The number of anilines is 2. The first-order valence-electron chi connectivity index (χ1n) is 21.7. The molecule has 0 unspecified atom stereocenters. The monoisotopic (exact) mass is 982 g/mol. The third kappa shape index (κ3) is 9.26. The first kappa shape index (κ1) is 46.3. The summed E-state index contributed by atoms with van der Waals surface area (Å²) in [5.74, 6) is -7.11. The standard InChI is InChI=1S/C38H44Cl2N18O10/c1-3-57-51-31(49-53-57)27-17(9-21(59)60)19(11-23(63)64)35(67-27)55-13-41-25-29(45-37(39)47-33(25)55)43-15-5-7-16(8-6-15)44-30-26-34(48-38(40)46-30)56(14-42-26)36-20(12-24(65)66)18(10-22(61)62)28(68-36)32-50-54-58(4-2)52-32/h13-20,27-28,35-36H,3-12H2,1-2H3,(H,59,60)(H,61,62)(H,63,64)(H,65,66)(H,43,45,47)(H,44,46,48)/t15?,16?,17-,18-,19-,20-,27-,28-,35-,36-/m1/s1. The summed E-state index contributed by atoms with van der Waals surface area (Å²) in [6.07, 6.45) is -0.348. The number of hydrogen-bond donors (Lipinski definition) is 6. The Kier molecular flexibility index (Phi) is 13.0. The van der Waals surface area contributed by atoms with Crippen molar-refractivity contribution in [2.75, 3.05) is 10.6 Å². The van der Waals surface area contributed by atoms with Crippen LogP contribution in [0.15, 0.2) is 12.7 Å². The van der Waals surface area contributed by atoms with E-state index >= 15 is 0 Å². The molecule has 68 heavy (non-hydrogen) atoms. The quantitative estimate of drug-likeness (QED) is 0.0674. The smallest absolute Gasteiger partial charge is 0.303 e. The van der Waals surface area contributed by atoms with E-state index < -0.39 is 97.9 Å². The Hall–Kier alpha value is -6.78. The van der Waals surface area contributed by atoms with E-state index in [2.05, 4.69) is 71.4 Å². The largest absolute Gasteiger partial charge is 0.481 e. The van der Waals surface area contributed by atoms with Crippen molar-refractivity contribution in [3.8, 4) is 0 Å². The highest BCUT2D eigenvalue weighted by Gasteiger charge is 2.51. The van der Waals surface area contributed by atoms with Crippen molar-refractivity contribution in [3.05, 3.63) is 34.9 Å². The zero-order chi connectivity index (χ0) is 48.0. The van der Waals surface area contributed by atoms with Gasteiger partial charge in [0.1, 0.15) is 24.7 Å². The first-order chi connectivity index (χ1) is 32.7. The highest BCUT2D eigenvalue weighted by atomic mass is 35.5. The third-order valence-corrected chi connectivity index (χ3v) is 12.9. The molecular weight excluding hydrogens is 939 g/mol. The summed E-state index contributed by atoms with van der Waals surface area (Å²) in [7, 11) is 0. The summed E-state index contributed by atoms with van der Waals surface area (Å²) in [6.45, 7) is 4.41. The number of carbonyl (C=O) groups is 4. The number of aliphatic carboxylic acids is 4. The van der Waals surface area contributed by atoms with Gasteiger partial charge >= 0.3 is 23.9 Å². The van der Waals surface area contributed by atoms with E-state index in [0.29, 0.717) is 61.4 Å². The number of imidazole rings is 2. The number of ether oxygens (including phenoxy) is 2. The lowest BCUT2D eigenvalue weighted by Gasteiger charge is -2.30. The third-order valence-electron chi connectivity index (χ3n) is 12.6. The van der Waals surface area contributed by atoms with Gasteiger partial charge in [-0.05, 0) is 73.2 Å². The molecule has 0 spiro atoms. The maximum atomic E-state index is 12.2. The number of nitrogens with zero attached hydrogens (tertiary/aromatic N) is 16. The minimum absolute atomic E-state index is 0.106. The lowest BCUT2D eigenvalue weighted by atomic mass is 9.84. The zero-order valence-corrected chi connectivity index (χ0v) is 37.7. The molecule has 0 bridgehead atoms. The maximum Gasteiger partial charge on any atom is 0.303 e. The number of fused-ring (bicyclic) bond motifs is 2. The van der Waals surface area contributed by atoms with Gasteiger partial charge < -0.3 is 40.5 Å². The lowest BCUT2D eigenvalue weighted by Crippen LogP contribution is -2.33. The molecule has 6 aromatic heterocycles. The van der Waals surface area contributed by atoms with Crippen LogP contribution in [0.25, 0.3) is 22.3 Å². The normalized spacial score (nSPS) is 26.1. The minimum atomic E-state index is -1.16. The van der Waals surface area contributed by atoms with Crippen LogP contribution >= 0.6 is 23.2 Å². The maximum absolute atomic E-state index is 12.2. The van der Waals surface area contributed by atoms with E-state index in [1.54, 1.807) is 0 Å². The molecule has 0 radical (unpaired) electrons. The Morgan fingerprint density at radius 3 is 1.31 bits per heavy atom. The van der Waals surface area contributed by atoms with E-state index in [0.717, 1.165) is 0 Å². The average molecular weight is 984 g/mol. The second kappa shape index (κ2) is 19.1. The summed E-state index contributed by atoms with van der Waals surface area (Å²) >= 11 is 13.0. The number of hydrogen-bond acceptors (Lipinski definition) is 20. The molecule has 6 N–H and O–H groups in total. The molecule has 0 amide bonds. The molecular formula is C38H44Cl2N18O10. The average Bonchev–Trinajstić information content (AvgIpc) is 4.15. The Morgan fingerprint density at radius 1 is 0.603 bits per heavy atom. The molecule has 30 heteroatoms. The molecule has 0 aromatic carbocycles. The van der Waals surface area contributed by atoms with Crippen molar-refractivity contribution >= 4 is 81.0 Å². The van der Waals surface area contributed by atoms with Crippen LogP contribution < -0.4 is 10.6 Å². The van der Waals surface area contributed by atoms with E-state index in [1.807, 2.05) is 13.8 Å². The zero-order valence-electron chi connectivity index (χ0n) is 36.1. The van der Waals surface area contributed by atoms with Gasteiger partial charge in [-0.15, -0.1) is 20.4 Å². The van der Waals surface area contributed by atoms with Crippen molar-refractivity contribution in [3.63, 3.8) is 0 Å². The van der Waals surface area contributed by atoms with Crippen molar-refractivity contribution in [2.45, 2.75) is 115 Å². The molecule has 360 valence electrons. The highest BCUT2D eigenvalue weighted by Crippen LogP contribution is 2.52. The van der Waals surface area contributed by atoms with Crippen LogP contribution in [0.3, 0.4) is 0 Å². The number of aryl methyl sites for hydroxylation is 2. The number of aromatic nitrogens is 16. The fourth-order valence-electron chi connectivity index (χ4n) is 9.58. The number of nitrogens with one attached hydrogen (secondary N) is 2. The van der Waals surface area contributed by atoms with Crippen molar-refractivity contribution in [1.29, 1.82) is 0 Å². The van der Waals surface area contributed by atoms with Gasteiger partial charge in [0, 0.05) is 35.8 Å². The summed E-state index contributed by atoms with van der Waals surface area (Å²) in [5, 5.41) is 71.1. The number of rotatable bonds is 18. The molecule has 3 aliphatic rings. The van der Waals surface area contributed by atoms with Gasteiger partial charge in [0.05, 0.1) is 51.4 Å². The van der Waals surface area contributed by atoms with Crippen molar-refractivity contribution in [1.82, 2.24) is 79.5 Å². The molecule has 8 atom stereocenters. The molecule has 28 nitrogen and oxygen atoms in total. The SMILES string of the molecule is CCn1nnc([C@@H]2O[C@@H](n3cnc4c(NC5CCC(Nc6nc(Cl)nc7c6ncn7[C@@H]6O[C@@H](c7nnn(CC)n7)[C@H](CC(=O)O)[C@H]6CC(=O)O)CC5)nc(Cl)nc43)[C@H](CC(=O)O)[C@H]2CC(=O)O)n1. The second-order valence-corrected chi connectivity index (χ2v) is 17.5. The van der Waals surface area contributed by atoms with Gasteiger partial charge in [0.15, 0.2) is 34.0 Å². The molecule has 6 aromatic rings. The van der Waals surface area contributed by atoms with Crippen LogP contribution in [0.2, 0.25) is 10.6 Å². The molecule has 8 heterocycles. The van der Waals surface area contributed by atoms with Crippen LogP contribution in [0.5, 0.6) is 0 Å². The molecule has 1 aliphatic carbocycles. The van der Waals surface area contributed by atoms with Gasteiger partial charge in [-0.3, -0.25) is 28.3 Å². The first-order valence-corrected chi connectivity index (χ1v) is 22.5. The summed E-state index contributed by atoms with van der Waals surface area (Å²) in [4.78, 5) is 78.1. The van der Waals surface area contributed by atoms with Gasteiger partial charge in [-0.25, -0.2) is 9.97 Å². The van der Waals surface area contributed by atoms with Gasteiger partial charge in [-0.1, -0.05) is 0 Å². The number of carboxylic acids is 4. The van der Waals surface area contributed by atoms with Crippen LogP contribution in [0, 0.1) is 23.7 Å². The molecule has 3 fully saturated rings. The summed E-state index contributed by atoms with van der Waals surface area (Å²) in [6, 6.07) is -0.212. The molecule has 2 aliphatic heterocycles. The predicted molar refractivity (Wildman–Crippen MR) is 230 cm³/mol. The number of tetrazole rings is 2. The van der Waals surface area contributed by atoms with Crippen LogP contribution in [-0.2, 0) is 41.7 Å². The van der Waals surface area contributed by atoms with Gasteiger partial charge in [0.2, 0.25) is 22.2 Å². The highest BCUT2D eigenvalue weighted by molar-refractivity contribution is 6.29. The number of halogens is 2. The van der Waals surface area contributed by atoms with E-state index in [-0.39, 0.29) is 45.6 Å². The second-order valence-electron chi connectivity index (χ2n) is 16.8. The Morgan fingerprint density at radius 2 is 0.971 bits per heavy atom. The topological polar surface area (TPSA) is 366 Å². The lowest BCUT2D eigenvalue weighted by molar-refractivity contribution is -0.142. The van der Waals surface area contributed by atoms with Crippen molar-refractivity contribution in [2.24, 2.45) is 23.7 Å². The Bertz CT molecular complexity index is 2670. The molecule has 2 saturated heterocycles. The number of carboxylic acid groups (broad SMARTS) is 4. The fourth-order valence-corrected chi connectivity index (χ4v) is 9.91. The van der Waals surface area contributed by atoms with Gasteiger partial charge in [0.25, 0.3) is 0 Å². The Balaban J connectivity index is 0.921. The van der Waals surface area contributed by atoms with E-state index in [9.17, 15) is 39.6 Å². The Labute approximate surface area is 392 Å². The van der Waals surface area contributed by atoms with Crippen molar-refractivity contribution < 1.29 is 49.1 Å². The van der Waals surface area contributed by atoms with Crippen LogP contribution in [0.4, 0.5) is 11.6 Å².